The predicted octanol–water partition coefficient (Wildman–Crippen LogP) is 4.36. The fraction of sp³-hybridized carbons (Fsp3) is 0.364. The monoisotopic (exact) mass is 404 g/mol. The molecular formula is C22H26ClFN2O2. The Hall–Kier alpha value is -2.40. The molecule has 0 heterocycles. The van der Waals surface area contributed by atoms with Gasteiger partial charge in [0.2, 0.25) is 11.8 Å². The van der Waals surface area contributed by atoms with E-state index in [-0.39, 0.29) is 30.6 Å². The van der Waals surface area contributed by atoms with Crippen molar-refractivity contribution in [1.82, 2.24) is 10.2 Å². The lowest BCUT2D eigenvalue weighted by atomic mass is 10.1. The number of amides is 2. The average Bonchev–Trinajstić information content (AvgIpc) is 2.69. The van der Waals surface area contributed by atoms with Gasteiger partial charge in [-0.05, 0) is 48.2 Å². The van der Waals surface area contributed by atoms with E-state index in [1.807, 2.05) is 13.8 Å². The van der Waals surface area contributed by atoms with Crippen molar-refractivity contribution in [3.8, 4) is 0 Å². The lowest BCUT2D eigenvalue weighted by Gasteiger charge is -2.30. The molecule has 150 valence electrons. The molecule has 1 atom stereocenters. The Morgan fingerprint density at radius 3 is 2.21 bits per heavy atom. The highest BCUT2D eigenvalue weighted by Crippen LogP contribution is 2.16. The number of benzene rings is 2. The molecule has 0 spiro atoms. The number of carbonyl (C=O) groups is 2. The smallest absolute Gasteiger partial charge is 0.242 e. The van der Waals surface area contributed by atoms with E-state index in [0.717, 1.165) is 17.5 Å². The molecule has 0 saturated heterocycles. The molecule has 2 aromatic rings. The van der Waals surface area contributed by atoms with E-state index in [1.54, 1.807) is 41.3 Å². The standard InChI is InChI=1S/C22H26ClFN2O2/c1-3-13-25-22(28)20(4-2)26(15-17-7-11-19(24)12-8-17)21(27)14-16-5-9-18(23)10-6-16/h5-12,20H,3-4,13-15H2,1-2H3,(H,25,28)/t20-/m0/s1. The topological polar surface area (TPSA) is 49.4 Å². The van der Waals surface area contributed by atoms with Crippen LogP contribution in [0.4, 0.5) is 4.39 Å². The van der Waals surface area contributed by atoms with Crippen molar-refractivity contribution >= 4 is 23.4 Å². The van der Waals surface area contributed by atoms with Crippen molar-refractivity contribution in [1.29, 1.82) is 0 Å². The van der Waals surface area contributed by atoms with Gasteiger partial charge in [-0.1, -0.05) is 49.7 Å². The second-order valence-corrected chi connectivity index (χ2v) is 7.10. The molecule has 2 amide bonds. The predicted molar refractivity (Wildman–Crippen MR) is 109 cm³/mol. The molecule has 0 radical (unpaired) electrons. The van der Waals surface area contributed by atoms with E-state index in [4.69, 9.17) is 11.6 Å². The van der Waals surface area contributed by atoms with Crippen molar-refractivity contribution in [2.45, 2.75) is 45.7 Å². The fourth-order valence-corrected chi connectivity index (χ4v) is 3.08. The lowest BCUT2D eigenvalue weighted by Crippen LogP contribution is -2.49. The summed E-state index contributed by atoms with van der Waals surface area (Å²) in [6, 6.07) is 12.5. The second-order valence-electron chi connectivity index (χ2n) is 6.67. The maximum absolute atomic E-state index is 13.2. The molecular weight excluding hydrogens is 379 g/mol. The van der Waals surface area contributed by atoms with Crippen LogP contribution < -0.4 is 5.32 Å². The molecule has 0 bridgehead atoms. The van der Waals surface area contributed by atoms with Crippen molar-refractivity contribution in [2.75, 3.05) is 6.54 Å². The molecule has 2 rings (SSSR count). The third-order valence-corrected chi connectivity index (χ3v) is 4.72. The van der Waals surface area contributed by atoms with E-state index >= 15 is 0 Å². The summed E-state index contributed by atoms with van der Waals surface area (Å²) in [4.78, 5) is 27.3. The van der Waals surface area contributed by atoms with Crippen LogP contribution >= 0.6 is 11.6 Å². The zero-order valence-electron chi connectivity index (χ0n) is 16.3. The molecule has 0 unspecified atom stereocenters. The Bertz CT molecular complexity index is 778. The maximum Gasteiger partial charge on any atom is 0.242 e. The zero-order chi connectivity index (χ0) is 20.5. The molecule has 1 N–H and O–H groups in total. The first-order valence-corrected chi connectivity index (χ1v) is 9.88. The molecule has 2 aromatic carbocycles. The quantitative estimate of drug-likeness (QED) is 0.675. The summed E-state index contributed by atoms with van der Waals surface area (Å²) in [5.41, 5.74) is 1.59. The van der Waals surface area contributed by atoms with Crippen molar-refractivity contribution in [2.24, 2.45) is 0 Å². The van der Waals surface area contributed by atoms with Gasteiger partial charge in [0.25, 0.3) is 0 Å². The largest absolute Gasteiger partial charge is 0.354 e. The van der Waals surface area contributed by atoms with Crippen molar-refractivity contribution < 1.29 is 14.0 Å². The molecule has 0 fully saturated rings. The summed E-state index contributed by atoms with van der Waals surface area (Å²) in [7, 11) is 0. The van der Waals surface area contributed by atoms with Gasteiger partial charge in [0, 0.05) is 18.1 Å². The van der Waals surface area contributed by atoms with Gasteiger partial charge in [-0.3, -0.25) is 9.59 Å². The van der Waals surface area contributed by atoms with Gasteiger partial charge in [0.1, 0.15) is 11.9 Å². The third kappa shape index (κ3) is 6.34. The van der Waals surface area contributed by atoms with Crippen LogP contribution in [0.2, 0.25) is 5.02 Å². The second kappa shape index (κ2) is 10.8. The highest BCUT2D eigenvalue weighted by molar-refractivity contribution is 6.30. The zero-order valence-corrected chi connectivity index (χ0v) is 17.0. The first-order chi connectivity index (χ1) is 13.4. The Morgan fingerprint density at radius 1 is 1.04 bits per heavy atom. The summed E-state index contributed by atoms with van der Waals surface area (Å²) in [6.45, 7) is 4.66. The van der Waals surface area contributed by atoms with Crippen LogP contribution in [-0.4, -0.2) is 29.3 Å². The number of rotatable bonds is 9. The van der Waals surface area contributed by atoms with E-state index in [0.29, 0.717) is 18.0 Å². The van der Waals surface area contributed by atoms with E-state index in [1.165, 1.54) is 12.1 Å². The van der Waals surface area contributed by atoms with Gasteiger partial charge in [0.05, 0.1) is 6.42 Å². The molecule has 0 aliphatic carbocycles. The van der Waals surface area contributed by atoms with Gasteiger partial charge in [-0.2, -0.15) is 0 Å². The fourth-order valence-electron chi connectivity index (χ4n) is 2.95. The minimum Gasteiger partial charge on any atom is -0.354 e. The first kappa shape index (κ1) is 21.9. The van der Waals surface area contributed by atoms with Crippen LogP contribution in [0.1, 0.15) is 37.8 Å². The van der Waals surface area contributed by atoms with Crippen molar-refractivity contribution in [3.63, 3.8) is 0 Å². The molecule has 0 aromatic heterocycles. The van der Waals surface area contributed by atoms with Crippen LogP contribution in [0.3, 0.4) is 0 Å². The van der Waals surface area contributed by atoms with Crippen LogP contribution in [-0.2, 0) is 22.6 Å². The molecule has 4 nitrogen and oxygen atoms in total. The molecule has 0 aliphatic rings. The average molecular weight is 405 g/mol. The number of hydrogen-bond acceptors (Lipinski definition) is 2. The first-order valence-electron chi connectivity index (χ1n) is 9.50. The maximum atomic E-state index is 13.2. The Balaban J connectivity index is 2.24. The van der Waals surface area contributed by atoms with Crippen LogP contribution in [0.15, 0.2) is 48.5 Å². The summed E-state index contributed by atoms with van der Waals surface area (Å²) in [5.74, 6) is -0.670. The summed E-state index contributed by atoms with van der Waals surface area (Å²) in [6.07, 6.45) is 1.47. The van der Waals surface area contributed by atoms with Crippen LogP contribution in [0.25, 0.3) is 0 Å². The number of carbonyl (C=O) groups excluding carboxylic acids is 2. The minimum absolute atomic E-state index is 0.162. The number of hydrogen-bond donors (Lipinski definition) is 1. The normalized spacial score (nSPS) is 11.7. The van der Waals surface area contributed by atoms with Crippen LogP contribution in [0.5, 0.6) is 0 Å². The molecule has 0 saturated carbocycles. The highest BCUT2D eigenvalue weighted by Gasteiger charge is 2.28. The third-order valence-electron chi connectivity index (χ3n) is 4.47. The van der Waals surface area contributed by atoms with Gasteiger partial charge in [-0.25, -0.2) is 4.39 Å². The number of nitrogens with one attached hydrogen (secondary N) is 1. The summed E-state index contributed by atoms with van der Waals surface area (Å²) < 4.78 is 13.2. The van der Waals surface area contributed by atoms with Crippen LogP contribution in [0, 0.1) is 5.82 Å². The van der Waals surface area contributed by atoms with Gasteiger partial charge in [-0.15, -0.1) is 0 Å². The van der Waals surface area contributed by atoms with E-state index in [2.05, 4.69) is 5.32 Å². The number of nitrogens with zero attached hydrogens (tertiary/aromatic N) is 1. The van der Waals surface area contributed by atoms with Crippen molar-refractivity contribution in [3.05, 3.63) is 70.5 Å². The molecule has 6 heteroatoms. The van der Waals surface area contributed by atoms with Gasteiger partial charge in [0.15, 0.2) is 0 Å². The SMILES string of the molecule is CCCNC(=O)[C@H](CC)N(Cc1ccc(F)cc1)C(=O)Cc1ccc(Cl)cc1. The highest BCUT2D eigenvalue weighted by atomic mass is 35.5. The Kier molecular flexibility index (Phi) is 8.45. The summed E-state index contributed by atoms with van der Waals surface area (Å²) in [5, 5.41) is 3.48. The Labute approximate surface area is 170 Å². The van der Waals surface area contributed by atoms with E-state index < -0.39 is 6.04 Å². The number of halogens is 2. The van der Waals surface area contributed by atoms with Gasteiger partial charge >= 0.3 is 0 Å². The Morgan fingerprint density at radius 2 is 1.64 bits per heavy atom. The molecule has 28 heavy (non-hydrogen) atoms. The lowest BCUT2D eigenvalue weighted by molar-refractivity contribution is -0.140. The van der Waals surface area contributed by atoms with Gasteiger partial charge < -0.3 is 10.2 Å². The molecule has 0 aliphatic heterocycles. The minimum atomic E-state index is -0.587. The van der Waals surface area contributed by atoms with E-state index in [9.17, 15) is 14.0 Å². The summed E-state index contributed by atoms with van der Waals surface area (Å²) >= 11 is 5.91.